The number of rotatable bonds is 4. The average molecular weight is 266 g/mol. The van der Waals surface area contributed by atoms with Gasteiger partial charge >= 0.3 is 0 Å². The maximum Gasteiger partial charge on any atom is 0.248 e. The van der Waals surface area contributed by atoms with Gasteiger partial charge in [-0.15, -0.1) is 5.10 Å². The Labute approximate surface area is 113 Å². The molecule has 1 fully saturated rings. The van der Waals surface area contributed by atoms with E-state index < -0.39 is 5.60 Å². The van der Waals surface area contributed by atoms with Crippen LogP contribution in [0.15, 0.2) is 0 Å². The molecular weight excluding hydrogens is 244 g/mol. The molecule has 0 atom stereocenters. The molecule has 0 unspecified atom stereocenters. The number of amides is 1. The van der Waals surface area contributed by atoms with Gasteiger partial charge in [0.1, 0.15) is 5.82 Å². The van der Waals surface area contributed by atoms with E-state index in [9.17, 15) is 9.90 Å². The smallest absolute Gasteiger partial charge is 0.248 e. The number of nitrogens with zero attached hydrogens (tertiary/aromatic N) is 2. The summed E-state index contributed by atoms with van der Waals surface area (Å²) in [5, 5.41) is 19.7. The summed E-state index contributed by atoms with van der Waals surface area (Å²) >= 11 is 0. The van der Waals surface area contributed by atoms with Crippen LogP contribution in [-0.4, -0.2) is 31.8 Å². The van der Waals surface area contributed by atoms with Gasteiger partial charge in [0.05, 0.1) is 12.0 Å². The van der Waals surface area contributed by atoms with Gasteiger partial charge in [0.2, 0.25) is 11.9 Å². The fourth-order valence-corrected chi connectivity index (χ4v) is 2.44. The van der Waals surface area contributed by atoms with Crippen LogP contribution in [0.25, 0.3) is 0 Å². The zero-order valence-corrected chi connectivity index (χ0v) is 11.6. The number of carbonyl (C=O) groups excluding carboxylic acids is 1. The fourth-order valence-electron chi connectivity index (χ4n) is 2.44. The van der Waals surface area contributed by atoms with Crippen molar-refractivity contribution in [2.45, 2.75) is 63.9 Å². The highest BCUT2D eigenvalue weighted by Gasteiger charge is 2.31. The van der Waals surface area contributed by atoms with Gasteiger partial charge < -0.3 is 5.11 Å². The molecule has 0 radical (unpaired) electrons. The van der Waals surface area contributed by atoms with Crippen LogP contribution in [-0.2, 0) is 4.79 Å². The van der Waals surface area contributed by atoms with Gasteiger partial charge in [-0.25, -0.2) is 0 Å². The van der Waals surface area contributed by atoms with Crippen molar-refractivity contribution in [3.63, 3.8) is 0 Å². The largest absolute Gasteiger partial charge is 0.389 e. The second-order valence-electron chi connectivity index (χ2n) is 5.71. The van der Waals surface area contributed by atoms with E-state index >= 15 is 0 Å². The lowest BCUT2D eigenvalue weighted by atomic mass is 9.82. The maximum atomic E-state index is 11.9. The minimum Gasteiger partial charge on any atom is -0.389 e. The molecule has 6 nitrogen and oxygen atoms in total. The number of aromatic amines is 1. The van der Waals surface area contributed by atoms with E-state index in [1.807, 2.05) is 13.8 Å². The number of nitrogens with one attached hydrogen (secondary N) is 2. The maximum absolute atomic E-state index is 11.9. The van der Waals surface area contributed by atoms with Crippen molar-refractivity contribution >= 4 is 11.9 Å². The molecule has 1 aromatic rings. The first-order valence-electron chi connectivity index (χ1n) is 6.93. The standard InChI is InChI=1S/C13H22N4O2/c1-9(2)11-15-12(17-16-11)14-10(18)8-13(19)6-4-3-5-7-13/h9,19H,3-8H2,1-2H3,(H2,14,15,16,17,18). The third-order valence-corrected chi connectivity index (χ3v) is 3.57. The van der Waals surface area contributed by atoms with Gasteiger partial charge in [-0.1, -0.05) is 33.1 Å². The molecular formula is C13H22N4O2. The molecule has 2 rings (SSSR count). The average Bonchev–Trinajstić information content (AvgIpc) is 2.77. The van der Waals surface area contributed by atoms with Crippen molar-refractivity contribution in [1.29, 1.82) is 0 Å². The zero-order chi connectivity index (χ0) is 13.9. The van der Waals surface area contributed by atoms with Crippen LogP contribution >= 0.6 is 0 Å². The number of aromatic nitrogens is 3. The molecule has 1 heterocycles. The van der Waals surface area contributed by atoms with E-state index in [1.54, 1.807) is 0 Å². The number of carbonyl (C=O) groups is 1. The third kappa shape index (κ3) is 3.76. The van der Waals surface area contributed by atoms with Crippen molar-refractivity contribution < 1.29 is 9.90 Å². The summed E-state index contributed by atoms with van der Waals surface area (Å²) in [7, 11) is 0. The summed E-state index contributed by atoms with van der Waals surface area (Å²) < 4.78 is 0. The molecule has 1 saturated carbocycles. The third-order valence-electron chi connectivity index (χ3n) is 3.57. The molecule has 6 heteroatoms. The number of anilines is 1. The van der Waals surface area contributed by atoms with Gasteiger partial charge in [-0.05, 0) is 12.8 Å². The van der Waals surface area contributed by atoms with Crippen molar-refractivity contribution in [1.82, 2.24) is 15.2 Å². The molecule has 19 heavy (non-hydrogen) atoms. The Morgan fingerprint density at radius 2 is 2.11 bits per heavy atom. The lowest BCUT2D eigenvalue weighted by Gasteiger charge is -2.31. The molecule has 0 aliphatic heterocycles. The second kappa shape index (κ2) is 5.69. The Bertz CT molecular complexity index is 436. The zero-order valence-electron chi connectivity index (χ0n) is 11.6. The van der Waals surface area contributed by atoms with Gasteiger partial charge in [0, 0.05) is 5.92 Å². The molecule has 106 valence electrons. The van der Waals surface area contributed by atoms with Crippen LogP contribution in [0.5, 0.6) is 0 Å². The number of hydrogen-bond donors (Lipinski definition) is 3. The number of H-pyrrole nitrogens is 1. The van der Waals surface area contributed by atoms with E-state index in [0.29, 0.717) is 12.8 Å². The predicted molar refractivity (Wildman–Crippen MR) is 71.8 cm³/mol. The van der Waals surface area contributed by atoms with E-state index in [2.05, 4.69) is 20.5 Å². The summed E-state index contributed by atoms with van der Waals surface area (Å²) in [6, 6.07) is 0. The molecule has 0 spiro atoms. The normalized spacial score (nSPS) is 18.5. The molecule has 0 bridgehead atoms. The summed E-state index contributed by atoms with van der Waals surface area (Å²) in [6.45, 7) is 3.99. The summed E-state index contributed by atoms with van der Waals surface area (Å²) in [4.78, 5) is 16.1. The molecule has 1 amide bonds. The Kier molecular flexibility index (Phi) is 4.19. The Morgan fingerprint density at radius 1 is 1.42 bits per heavy atom. The van der Waals surface area contributed by atoms with Crippen LogP contribution in [0, 0.1) is 0 Å². The molecule has 3 N–H and O–H groups in total. The van der Waals surface area contributed by atoms with Gasteiger partial charge in [0.15, 0.2) is 0 Å². The minimum absolute atomic E-state index is 0.124. The van der Waals surface area contributed by atoms with Crippen molar-refractivity contribution in [3.05, 3.63) is 5.82 Å². The van der Waals surface area contributed by atoms with Crippen LogP contribution in [0.4, 0.5) is 5.95 Å². The van der Waals surface area contributed by atoms with Crippen LogP contribution in [0.1, 0.15) is 64.1 Å². The second-order valence-corrected chi connectivity index (χ2v) is 5.71. The van der Waals surface area contributed by atoms with Crippen LogP contribution < -0.4 is 5.32 Å². The predicted octanol–water partition coefficient (Wildman–Crippen LogP) is 1.95. The van der Waals surface area contributed by atoms with Crippen molar-refractivity contribution in [2.24, 2.45) is 0 Å². The monoisotopic (exact) mass is 266 g/mol. The molecule has 1 aromatic heterocycles. The Balaban J connectivity index is 1.89. The summed E-state index contributed by atoms with van der Waals surface area (Å²) in [5.41, 5.74) is -0.848. The minimum atomic E-state index is -0.848. The lowest BCUT2D eigenvalue weighted by Crippen LogP contribution is -2.36. The summed E-state index contributed by atoms with van der Waals surface area (Å²) in [5.74, 6) is 1.04. The Morgan fingerprint density at radius 3 is 2.68 bits per heavy atom. The highest BCUT2D eigenvalue weighted by Crippen LogP contribution is 2.30. The highest BCUT2D eigenvalue weighted by molar-refractivity contribution is 5.89. The van der Waals surface area contributed by atoms with E-state index in [-0.39, 0.29) is 24.2 Å². The van der Waals surface area contributed by atoms with Gasteiger partial charge in [-0.2, -0.15) is 4.98 Å². The fraction of sp³-hybridized carbons (Fsp3) is 0.769. The number of hydrogen-bond acceptors (Lipinski definition) is 4. The topological polar surface area (TPSA) is 90.9 Å². The SMILES string of the molecule is CC(C)c1nc(NC(=O)CC2(O)CCCCC2)n[nH]1. The van der Waals surface area contributed by atoms with Crippen molar-refractivity contribution in [2.75, 3.05) is 5.32 Å². The highest BCUT2D eigenvalue weighted by atomic mass is 16.3. The van der Waals surface area contributed by atoms with Gasteiger partial charge in [-0.3, -0.25) is 15.2 Å². The first-order chi connectivity index (χ1) is 8.98. The first-order valence-corrected chi connectivity index (χ1v) is 6.93. The first kappa shape index (κ1) is 14.0. The van der Waals surface area contributed by atoms with Gasteiger partial charge in [0.25, 0.3) is 0 Å². The molecule has 0 saturated heterocycles. The molecule has 1 aliphatic rings. The Hall–Kier alpha value is -1.43. The quantitative estimate of drug-likeness (QED) is 0.776. The lowest BCUT2D eigenvalue weighted by molar-refractivity contribution is -0.122. The van der Waals surface area contributed by atoms with E-state index in [1.165, 1.54) is 0 Å². The van der Waals surface area contributed by atoms with Crippen molar-refractivity contribution in [3.8, 4) is 0 Å². The summed E-state index contributed by atoms with van der Waals surface area (Å²) in [6.07, 6.45) is 4.64. The van der Waals surface area contributed by atoms with Crippen LogP contribution in [0.2, 0.25) is 0 Å². The van der Waals surface area contributed by atoms with Crippen LogP contribution in [0.3, 0.4) is 0 Å². The molecule has 0 aromatic carbocycles. The van der Waals surface area contributed by atoms with E-state index in [4.69, 9.17) is 0 Å². The number of aliphatic hydroxyl groups is 1. The molecule has 1 aliphatic carbocycles. The van der Waals surface area contributed by atoms with E-state index in [0.717, 1.165) is 25.1 Å².